The van der Waals surface area contributed by atoms with Gasteiger partial charge in [-0.25, -0.2) is 8.42 Å². The van der Waals surface area contributed by atoms with Gasteiger partial charge in [-0.2, -0.15) is 4.31 Å². The standard InChI is InChI=1S/C22H25ClN2O3S/c23-20-10-9-18(29(27,28)25-13-4-5-14-25)15-19(20)21(26)24-16-22(11-6-12-22)17-7-2-1-3-8-17/h1-3,7-10,15H,4-6,11-14,16H2,(H,24,26). The fourth-order valence-electron chi connectivity index (χ4n) is 4.22. The first-order valence-corrected chi connectivity index (χ1v) is 11.9. The largest absolute Gasteiger partial charge is 0.351 e. The first kappa shape index (κ1) is 20.4. The van der Waals surface area contributed by atoms with Gasteiger partial charge in [-0.3, -0.25) is 4.79 Å². The van der Waals surface area contributed by atoms with Gasteiger partial charge in [0.1, 0.15) is 0 Å². The van der Waals surface area contributed by atoms with Gasteiger partial charge in [0.25, 0.3) is 5.91 Å². The summed E-state index contributed by atoms with van der Waals surface area (Å²) in [6.45, 7) is 1.55. The van der Waals surface area contributed by atoms with Crippen LogP contribution < -0.4 is 5.32 Å². The molecule has 2 aromatic carbocycles. The number of hydrogen-bond acceptors (Lipinski definition) is 3. The lowest BCUT2D eigenvalue weighted by Gasteiger charge is -2.42. The van der Waals surface area contributed by atoms with Crippen LogP contribution in [0.4, 0.5) is 0 Å². The molecule has 0 atom stereocenters. The molecule has 0 bridgehead atoms. The average molecular weight is 433 g/mol. The highest BCUT2D eigenvalue weighted by atomic mass is 35.5. The Morgan fingerprint density at radius 2 is 1.72 bits per heavy atom. The summed E-state index contributed by atoms with van der Waals surface area (Å²) in [6.07, 6.45) is 4.90. The van der Waals surface area contributed by atoms with E-state index in [1.54, 1.807) is 0 Å². The molecule has 0 radical (unpaired) electrons. The quantitative estimate of drug-likeness (QED) is 0.750. The molecule has 4 rings (SSSR count). The maximum absolute atomic E-state index is 12.9. The molecule has 1 amide bonds. The summed E-state index contributed by atoms with van der Waals surface area (Å²) in [5.74, 6) is -0.337. The highest BCUT2D eigenvalue weighted by molar-refractivity contribution is 7.89. The van der Waals surface area contributed by atoms with Crippen LogP contribution >= 0.6 is 11.6 Å². The smallest absolute Gasteiger partial charge is 0.252 e. The number of sulfonamides is 1. The summed E-state index contributed by atoms with van der Waals surface area (Å²) in [5.41, 5.74) is 1.38. The molecule has 0 spiro atoms. The van der Waals surface area contributed by atoms with E-state index in [9.17, 15) is 13.2 Å². The van der Waals surface area contributed by atoms with Gasteiger partial charge in [0.15, 0.2) is 0 Å². The van der Waals surface area contributed by atoms with Gasteiger partial charge in [0.2, 0.25) is 10.0 Å². The normalized spacial score (nSPS) is 18.9. The molecule has 1 aliphatic heterocycles. The minimum atomic E-state index is -3.60. The van der Waals surface area contributed by atoms with E-state index in [1.165, 1.54) is 28.1 Å². The van der Waals surface area contributed by atoms with Crippen molar-refractivity contribution < 1.29 is 13.2 Å². The van der Waals surface area contributed by atoms with E-state index in [1.807, 2.05) is 18.2 Å². The molecule has 2 fully saturated rings. The summed E-state index contributed by atoms with van der Waals surface area (Å²) in [5, 5.41) is 3.25. The Labute approximate surface area is 177 Å². The second-order valence-corrected chi connectivity index (χ2v) is 10.3. The van der Waals surface area contributed by atoms with Crippen molar-refractivity contribution in [3.05, 3.63) is 64.7 Å². The predicted octanol–water partition coefficient (Wildman–Crippen LogP) is 3.98. The third-order valence-corrected chi connectivity index (χ3v) is 8.39. The zero-order chi connectivity index (χ0) is 20.5. The van der Waals surface area contributed by atoms with E-state index in [2.05, 4.69) is 17.4 Å². The van der Waals surface area contributed by atoms with Crippen LogP contribution in [-0.2, 0) is 15.4 Å². The number of carbonyl (C=O) groups excluding carboxylic acids is 1. The lowest BCUT2D eigenvalue weighted by atomic mass is 9.64. The lowest BCUT2D eigenvalue weighted by molar-refractivity contribution is 0.0928. The molecule has 0 aromatic heterocycles. The number of nitrogens with zero attached hydrogens (tertiary/aromatic N) is 1. The topological polar surface area (TPSA) is 66.5 Å². The molecular formula is C22H25ClN2O3S. The molecule has 5 nitrogen and oxygen atoms in total. The van der Waals surface area contributed by atoms with Crippen molar-refractivity contribution in [3.63, 3.8) is 0 Å². The van der Waals surface area contributed by atoms with Crippen LogP contribution in [0, 0.1) is 0 Å². The molecule has 1 heterocycles. The van der Waals surface area contributed by atoms with Crippen LogP contribution in [0.25, 0.3) is 0 Å². The van der Waals surface area contributed by atoms with E-state index < -0.39 is 10.0 Å². The number of benzene rings is 2. The van der Waals surface area contributed by atoms with Crippen LogP contribution in [0.5, 0.6) is 0 Å². The number of amides is 1. The van der Waals surface area contributed by atoms with E-state index in [0.717, 1.165) is 32.1 Å². The summed E-state index contributed by atoms with van der Waals surface area (Å²) in [4.78, 5) is 13.0. The first-order chi connectivity index (χ1) is 13.9. The third-order valence-electron chi connectivity index (χ3n) is 6.17. The van der Waals surface area contributed by atoms with Crippen LogP contribution in [0.2, 0.25) is 5.02 Å². The molecule has 2 aromatic rings. The maximum atomic E-state index is 12.9. The molecule has 1 N–H and O–H groups in total. The maximum Gasteiger partial charge on any atom is 0.252 e. The molecule has 1 saturated carbocycles. The number of halogens is 1. The fourth-order valence-corrected chi connectivity index (χ4v) is 5.97. The minimum absolute atomic E-state index is 0.0529. The molecule has 1 aliphatic carbocycles. The third kappa shape index (κ3) is 3.93. The molecule has 29 heavy (non-hydrogen) atoms. The van der Waals surface area contributed by atoms with E-state index >= 15 is 0 Å². The van der Waals surface area contributed by atoms with Crippen molar-refractivity contribution in [2.75, 3.05) is 19.6 Å². The van der Waals surface area contributed by atoms with Gasteiger partial charge >= 0.3 is 0 Å². The summed E-state index contributed by atoms with van der Waals surface area (Å²) >= 11 is 6.25. The number of carbonyl (C=O) groups is 1. The van der Waals surface area contributed by atoms with Crippen molar-refractivity contribution in [3.8, 4) is 0 Å². The Bertz CT molecular complexity index is 998. The zero-order valence-corrected chi connectivity index (χ0v) is 17.8. The molecule has 2 aliphatic rings. The molecule has 7 heteroatoms. The van der Waals surface area contributed by atoms with Crippen LogP contribution in [-0.4, -0.2) is 38.3 Å². The summed E-state index contributed by atoms with van der Waals surface area (Å²) in [6, 6.07) is 14.6. The van der Waals surface area contributed by atoms with Crippen molar-refractivity contribution in [1.82, 2.24) is 9.62 Å². The summed E-state index contributed by atoms with van der Waals surface area (Å²) < 4.78 is 27.1. The first-order valence-electron chi connectivity index (χ1n) is 10.1. The predicted molar refractivity (Wildman–Crippen MR) is 114 cm³/mol. The Hall–Kier alpha value is -1.89. The monoisotopic (exact) mass is 432 g/mol. The Morgan fingerprint density at radius 1 is 1.03 bits per heavy atom. The lowest BCUT2D eigenvalue weighted by Crippen LogP contribution is -2.45. The molecule has 1 saturated heterocycles. The SMILES string of the molecule is O=C(NCC1(c2ccccc2)CCC1)c1cc(S(=O)(=O)N2CCCC2)ccc1Cl. The van der Waals surface area contributed by atoms with Gasteiger partial charge in [0, 0.05) is 25.0 Å². The molecule has 154 valence electrons. The van der Waals surface area contributed by atoms with Crippen molar-refractivity contribution in [2.45, 2.75) is 42.4 Å². The zero-order valence-electron chi connectivity index (χ0n) is 16.2. The van der Waals surface area contributed by atoms with Gasteiger partial charge < -0.3 is 5.32 Å². The van der Waals surface area contributed by atoms with Crippen molar-refractivity contribution in [1.29, 1.82) is 0 Å². The van der Waals surface area contributed by atoms with Gasteiger partial charge in [0.05, 0.1) is 15.5 Å². The number of hydrogen-bond donors (Lipinski definition) is 1. The Balaban J connectivity index is 1.53. The fraction of sp³-hybridized carbons (Fsp3) is 0.409. The van der Waals surface area contributed by atoms with Gasteiger partial charge in [-0.1, -0.05) is 48.4 Å². The Kier molecular flexibility index (Phi) is 5.69. The highest BCUT2D eigenvalue weighted by Gasteiger charge is 2.39. The van der Waals surface area contributed by atoms with Crippen molar-refractivity contribution in [2.24, 2.45) is 0 Å². The second-order valence-electron chi connectivity index (χ2n) is 7.94. The highest BCUT2D eigenvalue weighted by Crippen LogP contribution is 2.43. The molecular weight excluding hydrogens is 408 g/mol. The minimum Gasteiger partial charge on any atom is -0.351 e. The van der Waals surface area contributed by atoms with Gasteiger partial charge in [-0.05, 0) is 49.4 Å². The average Bonchev–Trinajstić information content (AvgIpc) is 3.24. The van der Waals surface area contributed by atoms with Crippen LogP contribution in [0.15, 0.2) is 53.4 Å². The van der Waals surface area contributed by atoms with E-state index in [-0.39, 0.29) is 26.8 Å². The second kappa shape index (κ2) is 8.09. The van der Waals surface area contributed by atoms with Crippen LogP contribution in [0.1, 0.15) is 48.0 Å². The van der Waals surface area contributed by atoms with E-state index in [0.29, 0.717) is 19.6 Å². The summed E-state index contributed by atoms with van der Waals surface area (Å²) in [7, 11) is -3.60. The van der Waals surface area contributed by atoms with Crippen molar-refractivity contribution >= 4 is 27.5 Å². The van der Waals surface area contributed by atoms with Gasteiger partial charge in [-0.15, -0.1) is 0 Å². The van der Waals surface area contributed by atoms with E-state index in [4.69, 9.17) is 11.6 Å². The number of rotatable bonds is 6. The Morgan fingerprint density at radius 3 is 2.34 bits per heavy atom. The number of nitrogens with one attached hydrogen (secondary N) is 1. The molecule has 0 unspecified atom stereocenters. The van der Waals surface area contributed by atoms with Crippen LogP contribution in [0.3, 0.4) is 0 Å².